The highest BCUT2D eigenvalue weighted by molar-refractivity contribution is 9.10. The van der Waals surface area contributed by atoms with Crippen LogP contribution >= 0.6 is 15.9 Å². The van der Waals surface area contributed by atoms with Crippen LogP contribution in [0.15, 0.2) is 40.9 Å². The number of carboxylic acids is 1. The summed E-state index contributed by atoms with van der Waals surface area (Å²) in [4.78, 5) is 23.1. The number of carboxylic acid groups (broad SMARTS) is 1. The molecule has 6 heteroatoms. The third-order valence-corrected chi connectivity index (χ3v) is 3.59. The van der Waals surface area contributed by atoms with Crippen LogP contribution in [0.25, 0.3) is 10.8 Å². The molecule has 2 aromatic carbocycles. The minimum atomic E-state index is -1.34. The van der Waals surface area contributed by atoms with Gasteiger partial charge in [-0.25, -0.2) is 4.79 Å². The van der Waals surface area contributed by atoms with E-state index in [2.05, 4.69) is 21.2 Å². The monoisotopic (exact) mass is 351 g/mol. The molecule has 0 radical (unpaired) electrons. The van der Waals surface area contributed by atoms with Crippen molar-refractivity contribution < 1.29 is 19.8 Å². The molecule has 0 aliphatic rings. The Bertz CT molecular complexity index is 699. The molecule has 1 amide bonds. The SMILES string of the molecule is CC(O)C(NC(=O)c1ccc2cc(Br)ccc2c1)C(=O)O. The van der Waals surface area contributed by atoms with E-state index >= 15 is 0 Å². The molecule has 2 aromatic rings. The summed E-state index contributed by atoms with van der Waals surface area (Å²) in [5.74, 6) is -1.81. The lowest BCUT2D eigenvalue weighted by atomic mass is 10.1. The van der Waals surface area contributed by atoms with Gasteiger partial charge in [-0.15, -0.1) is 0 Å². The van der Waals surface area contributed by atoms with Gasteiger partial charge in [-0.1, -0.05) is 28.1 Å². The van der Waals surface area contributed by atoms with E-state index in [9.17, 15) is 14.7 Å². The van der Waals surface area contributed by atoms with Gasteiger partial charge in [-0.3, -0.25) is 4.79 Å². The van der Waals surface area contributed by atoms with Crippen molar-refractivity contribution in [1.29, 1.82) is 0 Å². The molecule has 3 N–H and O–H groups in total. The maximum Gasteiger partial charge on any atom is 0.328 e. The van der Waals surface area contributed by atoms with Crippen LogP contribution in [0.3, 0.4) is 0 Å². The second-order valence-corrected chi connectivity index (χ2v) is 5.65. The molecule has 0 bridgehead atoms. The highest BCUT2D eigenvalue weighted by Gasteiger charge is 2.25. The molecule has 0 fully saturated rings. The van der Waals surface area contributed by atoms with E-state index in [1.54, 1.807) is 18.2 Å². The molecule has 2 unspecified atom stereocenters. The molecular weight excluding hydrogens is 338 g/mol. The van der Waals surface area contributed by atoms with Crippen LogP contribution in [0, 0.1) is 0 Å². The Hall–Kier alpha value is -1.92. The Morgan fingerprint density at radius 3 is 2.38 bits per heavy atom. The number of halogens is 1. The maximum atomic E-state index is 12.1. The number of nitrogens with one attached hydrogen (secondary N) is 1. The smallest absolute Gasteiger partial charge is 0.328 e. The Kier molecular flexibility index (Phi) is 4.59. The topological polar surface area (TPSA) is 86.6 Å². The molecule has 0 heterocycles. The number of aliphatic carboxylic acids is 1. The van der Waals surface area contributed by atoms with Crippen LogP contribution in [0.2, 0.25) is 0 Å². The fourth-order valence-electron chi connectivity index (χ4n) is 1.97. The molecule has 0 aromatic heterocycles. The van der Waals surface area contributed by atoms with Crippen molar-refractivity contribution in [3.8, 4) is 0 Å². The van der Waals surface area contributed by atoms with Crippen molar-refractivity contribution in [2.45, 2.75) is 19.1 Å². The molecular formula is C15H14BrNO4. The van der Waals surface area contributed by atoms with Crippen LogP contribution in [0.4, 0.5) is 0 Å². The molecule has 21 heavy (non-hydrogen) atoms. The lowest BCUT2D eigenvalue weighted by Crippen LogP contribution is -2.47. The van der Waals surface area contributed by atoms with Gasteiger partial charge in [0.2, 0.25) is 0 Å². The van der Waals surface area contributed by atoms with Gasteiger partial charge >= 0.3 is 5.97 Å². The van der Waals surface area contributed by atoms with E-state index in [1.165, 1.54) is 6.92 Å². The fraction of sp³-hybridized carbons (Fsp3) is 0.200. The van der Waals surface area contributed by atoms with E-state index in [0.29, 0.717) is 5.56 Å². The van der Waals surface area contributed by atoms with Gasteiger partial charge in [0.05, 0.1) is 6.10 Å². The second-order valence-electron chi connectivity index (χ2n) is 4.74. The normalized spacial score (nSPS) is 13.7. The van der Waals surface area contributed by atoms with E-state index in [0.717, 1.165) is 15.2 Å². The number of fused-ring (bicyclic) bond motifs is 1. The van der Waals surface area contributed by atoms with Gasteiger partial charge in [-0.2, -0.15) is 0 Å². The first kappa shape index (κ1) is 15.5. The molecule has 2 atom stereocenters. The number of aliphatic hydroxyl groups is 1. The Morgan fingerprint density at radius 1 is 1.14 bits per heavy atom. The van der Waals surface area contributed by atoms with E-state index in [-0.39, 0.29) is 0 Å². The van der Waals surface area contributed by atoms with Crippen molar-refractivity contribution >= 4 is 38.6 Å². The predicted molar refractivity (Wildman–Crippen MR) is 82.2 cm³/mol. The number of rotatable bonds is 4. The zero-order valence-corrected chi connectivity index (χ0v) is 12.8. The Morgan fingerprint density at radius 2 is 1.76 bits per heavy atom. The summed E-state index contributed by atoms with van der Waals surface area (Å²) in [6.45, 7) is 1.32. The average Bonchev–Trinajstić information content (AvgIpc) is 2.43. The minimum Gasteiger partial charge on any atom is -0.480 e. The largest absolute Gasteiger partial charge is 0.480 e. The first-order valence-corrected chi connectivity index (χ1v) is 7.09. The summed E-state index contributed by atoms with van der Waals surface area (Å²) in [5, 5.41) is 22.5. The average molecular weight is 352 g/mol. The van der Waals surface area contributed by atoms with Crippen molar-refractivity contribution in [3.63, 3.8) is 0 Å². The summed E-state index contributed by atoms with van der Waals surface area (Å²) in [6, 6.07) is 9.39. The van der Waals surface area contributed by atoms with Gasteiger partial charge in [0.1, 0.15) is 0 Å². The lowest BCUT2D eigenvalue weighted by molar-refractivity contribution is -0.141. The number of hydrogen-bond acceptors (Lipinski definition) is 3. The quantitative estimate of drug-likeness (QED) is 0.787. The van der Waals surface area contributed by atoms with Gasteiger partial charge in [-0.05, 0) is 42.0 Å². The summed E-state index contributed by atoms with van der Waals surface area (Å²) in [6.07, 6.45) is -1.18. The molecule has 0 aliphatic heterocycles. The van der Waals surface area contributed by atoms with E-state index in [1.807, 2.05) is 18.2 Å². The second kappa shape index (κ2) is 6.24. The first-order chi connectivity index (χ1) is 9.88. The molecule has 0 saturated heterocycles. The van der Waals surface area contributed by atoms with Crippen LogP contribution in [0.5, 0.6) is 0 Å². The third-order valence-electron chi connectivity index (χ3n) is 3.10. The highest BCUT2D eigenvalue weighted by atomic mass is 79.9. The summed E-state index contributed by atoms with van der Waals surface area (Å²) < 4.78 is 0.937. The molecule has 0 saturated carbocycles. The van der Waals surface area contributed by atoms with Crippen molar-refractivity contribution in [2.24, 2.45) is 0 Å². The van der Waals surface area contributed by atoms with Crippen molar-refractivity contribution in [2.75, 3.05) is 0 Å². The third kappa shape index (κ3) is 3.59. The zero-order valence-electron chi connectivity index (χ0n) is 11.2. The Balaban J connectivity index is 2.27. The number of hydrogen-bond donors (Lipinski definition) is 3. The van der Waals surface area contributed by atoms with Crippen LogP contribution in [0.1, 0.15) is 17.3 Å². The van der Waals surface area contributed by atoms with Gasteiger partial charge in [0.25, 0.3) is 5.91 Å². The predicted octanol–water partition coefficient (Wildman–Crippen LogP) is 2.17. The maximum absolute atomic E-state index is 12.1. The summed E-state index contributed by atoms with van der Waals surface area (Å²) in [7, 11) is 0. The van der Waals surface area contributed by atoms with Gasteiger partial charge in [0.15, 0.2) is 6.04 Å². The Labute approximate surface area is 129 Å². The highest BCUT2D eigenvalue weighted by Crippen LogP contribution is 2.21. The molecule has 110 valence electrons. The fourth-order valence-corrected chi connectivity index (χ4v) is 2.35. The molecule has 0 aliphatic carbocycles. The van der Waals surface area contributed by atoms with Crippen molar-refractivity contribution in [1.82, 2.24) is 5.32 Å². The van der Waals surface area contributed by atoms with Crippen molar-refractivity contribution in [3.05, 3.63) is 46.4 Å². The first-order valence-electron chi connectivity index (χ1n) is 6.29. The number of carbonyl (C=O) groups excluding carboxylic acids is 1. The molecule has 0 spiro atoms. The van der Waals surface area contributed by atoms with E-state index in [4.69, 9.17) is 5.11 Å². The number of amides is 1. The van der Waals surface area contributed by atoms with Crippen LogP contribution < -0.4 is 5.32 Å². The number of aliphatic hydroxyl groups excluding tert-OH is 1. The zero-order chi connectivity index (χ0) is 15.6. The standard InChI is InChI=1S/C15H14BrNO4/c1-8(18)13(15(20)21)17-14(19)11-3-2-10-7-12(16)5-4-9(10)6-11/h2-8,13,18H,1H3,(H,17,19)(H,20,21). The lowest BCUT2D eigenvalue weighted by Gasteiger charge is -2.17. The number of benzene rings is 2. The van der Waals surface area contributed by atoms with Gasteiger partial charge in [0, 0.05) is 10.0 Å². The van der Waals surface area contributed by atoms with Crippen LogP contribution in [-0.2, 0) is 4.79 Å². The number of carbonyl (C=O) groups is 2. The van der Waals surface area contributed by atoms with E-state index < -0.39 is 24.0 Å². The van der Waals surface area contributed by atoms with Gasteiger partial charge < -0.3 is 15.5 Å². The molecule has 2 rings (SSSR count). The summed E-state index contributed by atoms with van der Waals surface area (Å²) >= 11 is 3.37. The summed E-state index contributed by atoms with van der Waals surface area (Å²) in [5.41, 5.74) is 0.344. The molecule has 5 nitrogen and oxygen atoms in total. The minimum absolute atomic E-state index is 0.344. The van der Waals surface area contributed by atoms with Crippen LogP contribution in [-0.4, -0.2) is 34.2 Å².